The van der Waals surface area contributed by atoms with Crippen molar-refractivity contribution < 1.29 is 27.5 Å². The summed E-state index contributed by atoms with van der Waals surface area (Å²) in [5.41, 5.74) is -0.506. The number of rotatable bonds is 6. The van der Waals surface area contributed by atoms with E-state index in [4.69, 9.17) is 16.3 Å². The molecule has 4 N–H and O–H groups in total. The first-order valence-corrected chi connectivity index (χ1v) is 23.7. The third-order valence-corrected chi connectivity index (χ3v) is 16.5. The number of piperidine rings is 2. The molecular weight excluding hydrogens is 764 g/mol. The van der Waals surface area contributed by atoms with Gasteiger partial charge in [-0.15, -0.1) is 0 Å². The highest BCUT2D eigenvalue weighted by molar-refractivity contribution is 7.89. The Hall–Kier alpha value is -2.77. The lowest BCUT2D eigenvalue weighted by Crippen LogP contribution is -2.63. The van der Waals surface area contributed by atoms with Crippen molar-refractivity contribution in [1.82, 2.24) is 30.5 Å². The van der Waals surface area contributed by atoms with Crippen molar-refractivity contribution in [2.45, 2.75) is 157 Å². The summed E-state index contributed by atoms with van der Waals surface area (Å²) in [6, 6.07) is 5.90. The molecule has 8 bridgehead atoms. The maximum atomic E-state index is 13.0. The molecule has 1 aromatic rings. The number of nitrogens with zero attached hydrogens (tertiary/aromatic N) is 2. The van der Waals surface area contributed by atoms with Crippen molar-refractivity contribution in [3.8, 4) is 0 Å². The molecule has 2 aliphatic heterocycles. The molecule has 0 radical (unpaired) electrons. The molecule has 8 saturated carbocycles. The van der Waals surface area contributed by atoms with Gasteiger partial charge in [0, 0.05) is 54.4 Å². The minimum atomic E-state index is -3.59. The highest BCUT2D eigenvalue weighted by atomic mass is 35.5. The number of carbonyl (C=O) groups excluding carboxylic acids is 3. The van der Waals surface area contributed by atoms with E-state index in [1.165, 1.54) is 55.0 Å². The number of hydrogen-bond acceptors (Lipinski definition) is 6. The van der Waals surface area contributed by atoms with Gasteiger partial charge in [0.25, 0.3) is 0 Å². The summed E-state index contributed by atoms with van der Waals surface area (Å²) in [6.45, 7) is 7.64. The Labute approximate surface area is 344 Å². The van der Waals surface area contributed by atoms with Crippen molar-refractivity contribution >= 4 is 39.8 Å². The number of likely N-dealkylation sites (tertiary alicyclic amines) is 1. The third-order valence-electron chi connectivity index (χ3n) is 14.4. The zero-order chi connectivity index (χ0) is 40.2. The van der Waals surface area contributed by atoms with E-state index in [-0.39, 0.29) is 46.2 Å². The molecule has 57 heavy (non-hydrogen) atoms. The smallest absolute Gasteiger partial charge is 0.410 e. The van der Waals surface area contributed by atoms with E-state index in [0.29, 0.717) is 31.2 Å². The molecule has 12 nitrogen and oxygen atoms in total. The molecular formula is C43H65ClN6O6S. The van der Waals surface area contributed by atoms with Gasteiger partial charge in [0.2, 0.25) is 10.0 Å². The minimum absolute atomic E-state index is 0.000167. The van der Waals surface area contributed by atoms with Gasteiger partial charge in [-0.2, -0.15) is 4.31 Å². The van der Waals surface area contributed by atoms with Crippen LogP contribution in [0.3, 0.4) is 0 Å². The molecule has 2 atom stereocenters. The lowest BCUT2D eigenvalue weighted by Gasteiger charge is -2.56. The minimum Gasteiger partial charge on any atom is -0.444 e. The molecule has 0 aromatic heterocycles. The number of halogens is 1. The number of ether oxygens (including phenoxy) is 1. The highest BCUT2D eigenvalue weighted by Gasteiger charge is 2.53. The van der Waals surface area contributed by atoms with E-state index in [1.807, 2.05) is 20.8 Å². The van der Waals surface area contributed by atoms with Crippen LogP contribution in [0.2, 0.25) is 5.02 Å². The fourth-order valence-corrected chi connectivity index (χ4v) is 14.7. The normalized spacial score (nSPS) is 36.8. The summed E-state index contributed by atoms with van der Waals surface area (Å²) in [7, 11) is -3.59. The predicted molar refractivity (Wildman–Crippen MR) is 219 cm³/mol. The summed E-state index contributed by atoms with van der Waals surface area (Å²) in [6.07, 6.45) is 17.9. The van der Waals surface area contributed by atoms with Gasteiger partial charge in [-0.1, -0.05) is 11.6 Å². The van der Waals surface area contributed by atoms with Gasteiger partial charge in [-0.25, -0.2) is 22.8 Å². The standard InChI is InChI=1S/C22H30ClN3O3S.C21H35N3O3/c23-18-3-5-20(6-4-18)30(28,29)26-7-1-2-19(14-26)24-21(27)25-22-11-15-8-16(12-22)10-17(9-15)13-22;1-20(2,3)27-19(26)24-6-4-5-17(13-24)22-18(25)23-21-10-14-7-15(11-21)9-16(8-14)12-21/h3-6,15-17,19H,1-2,7-14H2,(H2,24,25,27);14-17H,4-13H2,1-3H3,(H2,22,23,25). The Morgan fingerprint density at radius 1 is 0.684 bits per heavy atom. The first kappa shape index (κ1) is 41.0. The van der Waals surface area contributed by atoms with Crippen LogP contribution in [0.1, 0.15) is 124 Å². The molecule has 14 heteroatoms. The Morgan fingerprint density at radius 2 is 1.11 bits per heavy atom. The second-order valence-corrected chi connectivity index (χ2v) is 22.9. The number of sulfonamides is 1. The molecule has 2 saturated heterocycles. The maximum Gasteiger partial charge on any atom is 0.410 e. The molecule has 11 rings (SSSR count). The van der Waals surface area contributed by atoms with Gasteiger partial charge in [-0.05, 0) is 183 Å². The molecule has 5 amide bonds. The van der Waals surface area contributed by atoms with Crippen molar-refractivity contribution in [1.29, 1.82) is 0 Å². The van der Waals surface area contributed by atoms with E-state index in [9.17, 15) is 22.8 Å². The Morgan fingerprint density at radius 3 is 1.54 bits per heavy atom. The van der Waals surface area contributed by atoms with E-state index in [0.717, 1.165) is 99.7 Å². The number of hydrogen-bond donors (Lipinski definition) is 4. The Bertz CT molecular complexity index is 1700. The number of carbonyl (C=O) groups is 3. The topological polar surface area (TPSA) is 149 Å². The summed E-state index contributed by atoms with van der Waals surface area (Å²) in [5, 5.41) is 13.4. The van der Waals surface area contributed by atoms with Gasteiger partial charge in [-0.3, -0.25) is 0 Å². The molecule has 1 aromatic carbocycles. The van der Waals surface area contributed by atoms with Crippen molar-refractivity contribution in [2.75, 3.05) is 26.2 Å². The number of amides is 5. The summed E-state index contributed by atoms with van der Waals surface area (Å²) in [5.74, 6) is 4.75. The van der Waals surface area contributed by atoms with Gasteiger partial charge in [0.1, 0.15) is 5.60 Å². The zero-order valence-electron chi connectivity index (χ0n) is 34.2. The number of urea groups is 2. The molecule has 2 heterocycles. The molecule has 316 valence electrons. The maximum absolute atomic E-state index is 13.0. The predicted octanol–water partition coefficient (Wildman–Crippen LogP) is 7.42. The monoisotopic (exact) mass is 828 g/mol. The van der Waals surface area contributed by atoms with Crippen molar-refractivity contribution in [3.05, 3.63) is 29.3 Å². The molecule has 2 unspecified atom stereocenters. The van der Waals surface area contributed by atoms with Crippen LogP contribution >= 0.6 is 11.6 Å². The summed E-state index contributed by atoms with van der Waals surface area (Å²) in [4.78, 5) is 39.9. The quantitative estimate of drug-likeness (QED) is 0.235. The average Bonchev–Trinajstić information content (AvgIpc) is 3.10. The Kier molecular flexibility index (Phi) is 11.5. The second-order valence-electron chi connectivity index (χ2n) is 20.5. The third kappa shape index (κ3) is 9.66. The Balaban J connectivity index is 0.000000161. The first-order chi connectivity index (χ1) is 27.0. The van der Waals surface area contributed by atoms with Crippen LogP contribution in [-0.2, 0) is 14.8 Å². The van der Waals surface area contributed by atoms with E-state index in [1.54, 1.807) is 17.0 Å². The fourth-order valence-electron chi connectivity index (χ4n) is 13.1. The SMILES string of the molecule is CC(C)(C)OC(=O)N1CCCC(NC(=O)NC23CC4CC(CC(C4)C2)C3)C1.O=C(NC1CCCN(S(=O)(=O)c2ccc(Cl)cc2)C1)NC12CC3CC(CC(C3)C1)C2. The lowest BCUT2D eigenvalue weighted by molar-refractivity contribution is -0.0141. The molecule has 10 aliphatic rings. The average molecular weight is 830 g/mol. The van der Waals surface area contributed by atoms with Gasteiger partial charge in [0.05, 0.1) is 4.90 Å². The highest BCUT2D eigenvalue weighted by Crippen LogP contribution is 2.56. The largest absolute Gasteiger partial charge is 0.444 e. The van der Waals surface area contributed by atoms with E-state index in [2.05, 4.69) is 21.3 Å². The van der Waals surface area contributed by atoms with Gasteiger partial charge < -0.3 is 30.9 Å². The lowest BCUT2D eigenvalue weighted by atomic mass is 9.53. The fraction of sp³-hybridized carbons (Fsp3) is 0.791. The second kappa shape index (κ2) is 16.0. The van der Waals surface area contributed by atoms with Crippen LogP contribution in [0.5, 0.6) is 0 Å². The van der Waals surface area contributed by atoms with Crippen LogP contribution in [0.15, 0.2) is 29.2 Å². The van der Waals surface area contributed by atoms with Crippen LogP contribution in [-0.4, -0.2) is 90.7 Å². The molecule has 10 fully saturated rings. The molecule has 8 aliphatic carbocycles. The van der Waals surface area contributed by atoms with Gasteiger partial charge in [0.15, 0.2) is 0 Å². The van der Waals surface area contributed by atoms with E-state index >= 15 is 0 Å². The van der Waals surface area contributed by atoms with Crippen LogP contribution < -0.4 is 21.3 Å². The zero-order valence-corrected chi connectivity index (χ0v) is 35.8. The first-order valence-electron chi connectivity index (χ1n) is 21.9. The van der Waals surface area contributed by atoms with Gasteiger partial charge >= 0.3 is 18.2 Å². The summed E-state index contributed by atoms with van der Waals surface area (Å²) >= 11 is 5.89. The molecule has 0 spiro atoms. The number of benzene rings is 1. The van der Waals surface area contributed by atoms with E-state index < -0.39 is 15.6 Å². The van der Waals surface area contributed by atoms with Crippen molar-refractivity contribution in [3.63, 3.8) is 0 Å². The van der Waals surface area contributed by atoms with Crippen molar-refractivity contribution in [2.24, 2.45) is 35.5 Å². The van der Waals surface area contributed by atoms with Crippen LogP contribution in [0.4, 0.5) is 14.4 Å². The number of nitrogens with one attached hydrogen (secondary N) is 4. The van der Waals surface area contributed by atoms with Crippen LogP contribution in [0.25, 0.3) is 0 Å². The summed E-state index contributed by atoms with van der Waals surface area (Å²) < 4.78 is 32.9. The van der Waals surface area contributed by atoms with Crippen LogP contribution in [0, 0.1) is 35.5 Å².